The fourth-order valence-electron chi connectivity index (χ4n) is 12.1. The van der Waals surface area contributed by atoms with Crippen molar-refractivity contribution < 1.29 is 42.9 Å². The van der Waals surface area contributed by atoms with Gasteiger partial charge in [-0.25, -0.2) is 9.59 Å². The van der Waals surface area contributed by atoms with Gasteiger partial charge < -0.3 is 23.7 Å². The van der Waals surface area contributed by atoms with Gasteiger partial charge in [0.2, 0.25) is 0 Å². The predicted molar refractivity (Wildman–Crippen MR) is 362 cm³/mol. The van der Waals surface area contributed by atoms with Crippen LogP contribution in [-0.4, -0.2) is 96.4 Å². The average Bonchev–Trinajstić information content (AvgIpc) is 3.57. The van der Waals surface area contributed by atoms with Crippen LogP contribution in [0.4, 0.5) is 0 Å². The minimum atomic E-state index is -1.54. The fraction of sp³-hybridized carbons (Fsp3) is 0.455. The highest BCUT2D eigenvalue weighted by atomic mass is 28.3. The van der Waals surface area contributed by atoms with Gasteiger partial charge in [-0.1, -0.05) is 165 Å². The number of hydrogen-bond acceptors (Lipinski definition) is 11. The molecule has 1 saturated heterocycles. The maximum absolute atomic E-state index is 15.0. The highest BCUT2D eigenvalue weighted by Crippen LogP contribution is 2.37. The van der Waals surface area contributed by atoms with E-state index in [0.717, 1.165) is 84.0 Å². The third-order valence-electron chi connectivity index (χ3n) is 16.3. The smallest absolute Gasteiger partial charge is 0.350 e. The molecule has 1 fully saturated rings. The molecule has 0 saturated carbocycles. The number of Topliss-reactive ketones (excluding diaryl/α,β-unsaturated/α-hetero) is 1. The van der Waals surface area contributed by atoms with E-state index < -0.39 is 42.4 Å². The second-order valence-corrected chi connectivity index (χ2v) is 34.1. The third-order valence-corrected chi connectivity index (χ3v) is 17.7. The molecule has 0 amide bonds. The molecule has 6 aromatic carbocycles. The molecular weight excluding hydrogens is 1120 g/mol. The van der Waals surface area contributed by atoms with Gasteiger partial charge in [-0.15, -0.1) is 0 Å². The lowest BCUT2D eigenvalue weighted by Crippen LogP contribution is -2.45. The largest absolute Gasteiger partial charge is 0.476 e. The molecular formula is C77H100N2O9Si. The molecule has 7 rings (SSSR count). The van der Waals surface area contributed by atoms with Crippen LogP contribution in [0.1, 0.15) is 158 Å². The number of likely N-dealkylation sites (tertiary alicyclic amines) is 1. The van der Waals surface area contributed by atoms with Gasteiger partial charge in [0.05, 0.1) is 21.4 Å². The second kappa shape index (κ2) is 30.2. The van der Waals surface area contributed by atoms with Gasteiger partial charge in [0, 0.05) is 49.1 Å². The van der Waals surface area contributed by atoms with Crippen LogP contribution in [0.25, 0.3) is 0 Å². The van der Waals surface area contributed by atoms with Crippen LogP contribution in [0.2, 0.25) is 19.6 Å². The molecule has 1 aliphatic rings. The number of ether oxygens (including phenoxy) is 5. The Morgan fingerprint density at radius 1 is 0.607 bits per heavy atom. The SMILES string of the molecule is Cc1cc(CC[C@H]2CN(Cc3ccccc3)CC2C(=O)c2ccc(C(COCN(Cc3ccccc3)C[Si](C)(C)C)CC(C)(C)OC(=O)C(C)(C)Oc3c(C)cc(CC/C=C/C(=O)c4ccccc4)cc3C)cc2)cc(C)c1OC(C)(C)C(=O)OC(C)(C)C. The van der Waals surface area contributed by atoms with Gasteiger partial charge in [0.25, 0.3) is 0 Å². The summed E-state index contributed by atoms with van der Waals surface area (Å²) in [6.07, 6.45) is 8.01. The van der Waals surface area contributed by atoms with E-state index in [0.29, 0.717) is 55.4 Å². The molecule has 1 aliphatic heterocycles. The van der Waals surface area contributed by atoms with E-state index in [-0.39, 0.29) is 29.3 Å². The number of carbonyl (C=O) groups is 4. The van der Waals surface area contributed by atoms with Crippen molar-refractivity contribution in [3.8, 4) is 11.5 Å². The first-order chi connectivity index (χ1) is 41.8. The summed E-state index contributed by atoms with van der Waals surface area (Å²) in [4.78, 5) is 60.1. The molecule has 0 aliphatic carbocycles. The van der Waals surface area contributed by atoms with Crippen molar-refractivity contribution in [3.63, 3.8) is 0 Å². The Hall–Kier alpha value is -6.96. The van der Waals surface area contributed by atoms with Crippen molar-refractivity contribution in [2.75, 3.05) is 32.6 Å². The third kappa shape index (κ3) is 21.1. The zero-order chi connectivity index (χ0) is 64.9. The summed E-state index contributed by atoms with van der Waals surface area (Å²) in [6, 6.07) is 46.8. The van der Waals surface area contributed by atoms with E-state index in [1.54, 1.807) is 33.8 Å². The van der Waals surface area contributed by atoms with Crippen LogP contribution in [-0.2, 0) is 49.7 Å². The second-order valence-electron chi connectivity index (χ2n) is 28.7. The molecule has 12 heteroatoms. The number of hydrogen-bond donors (Lipinski definition) is 0. The maximum Gasteiger partial charge on any atom is 0.350 e. The molecule has 476 valence electrons. The average molecular weight is 1230 g/mol. The maximum atomic E-state index is 15.0. The van der Waals surface area contributed by atoms with E-state index in [1.807, 2.05) is 123 Å². The van der Waals surface area contributed by atoms with E-state index >= 15 is 4.79 Å². The predicted octanol–water partition coefficient (Wildman–Crippen LogP) is 16.4. The molecule has 0 aromatic heterocycles. The molecule has 6 aromatic rings. The van der Waals surface area contributed by atoms with E-state index in [2.05, 4.69) is 114 Å². The van der Waals surface area contributed by atoms with Crippen LogP contribution >= 0.6 is 0 Å². The summed E-state index contributed by atoms with van der Waals surface area (Å²) in [7, 11) is -1.54. The topological polar surface area (TPSA) is 121 Å². The summed E-state index contributed by atoms with van der Waals surface area (Å²) in [5.74, 6) is 0.226. The molecule has 0 radical (unpaired) electrons. The monoisotopic (exact) mass is 1220 g/mol. The Morgan fingerprint density at radius 3 is 1.64 bits per heavy atom. The first-order valence-electron chi connectivity index (χ1n) is 31.9. The van der Waals surface area contributed by atoms with E-state index in [9.17, 15) is 14.4 Å². The molecule has 0 bridgehead atoms. The summed E-state index contributed by atoms with van der Waals surface area (Å²) >= 11 is 0. The number of benzene rings is 6. The Labute approximate surface area is 533 Å². The number of esters is 2. The Balaban J connectivity index is 1.08. The van der Waals surface area contributed by atoms with Crippen molar-refractivity contribution in [3.05, 3.63) is 213 Å². The van der Waals surface area contributed by atoms with Gasteiger partial charge in [0.1, 0.15) is 22.7 Å². The van der Waals surface area contributed by atoms with Crippen molar-refractivity contribution in [1.82, 2.24) is 9.80 Å². The molecule has 11 nitrogen and oxygen atoms in total. The molecule has 1 heterocycles. The van der Waals surface area contributed by atoms with Gasteiger partial charge >= 0.3 is 11.9 Å². The molecule has 3 atom stereocenters. The minimum absolute atomic E-state index is 0.0150. The van der Waals surface area contributed by atoms with Crippen LogP contribution in [0.15, 0.2) is 152 Å². The normalized spacial score (nSPS) is 15.5. The number of rotatable bonds is 30. The van der Waals surface area contributed by atoms with Gasteiger partial charge in [-0.05, 0) is 190 Å². The quantitative estimate of drug-likeness (QED) is 0.0141. The van der Waals surface area contributed by atoms with Crippen LogP contribution < -0.4 is 9.47 Å². The lowest BCUT2D eigenvalue weighted by atomic mass is 9.83. The van der Waals surface area contributed by atoms with Crippen LogP contribution in [0.3, 0.4) is 0 Å². The van der Waals surface area contributed by atoms with Crippen molar-refractivity contribution in [1.29, 1.82) is 0 Å². The molecule has 0 N–H and O–H groups in total. The summed E-state index contributed by atoms with van der Waals surface area (Å²) < 4.78 is 31.9. The summed E-state index contributed by atoms with van der Waals surface area (Å²) in [5.41, 5.74) is 6.66. The highest BCUT2D eigenvalue weighted by molar-refractivity contribution is 6.76. The van der Waals surface area contributed by atoms with Gasteiger partial charge in [-0.3, -0.25) is 19.4 Å². The van der Waals surface area contributed by atoms with Crippen LogP contribution in [0.5, 0.6) is 11.5 Å². The Bertz CT molecular complexity index is 3310. The molecule has 0 spiro atoms. The van der Waals surface area contributed by atoms with Crippen molar-refractivity contribution in [2.45, 2.75) is 183 Å². The summed E-state index contributed by atoms with van der Waals surface area (Å²) in [6.45, 7) is 35.4. The van der Waals surface area contributed by atoms with E-state index in [4.69, 9.17) is 23.7 Å². The fourth-order valence-corrected chi connectivity index (χ4v) is 13.6. The van der Waals surface area contributed by atoms with Crippen molar-refractivity contribution in [2.24, 2.45) is 11.8 Å². The zero-order valence-corrected chi connectivity index (χ0v) is 57.2. The lowest BCUT2D eigenvalue weighted by Gasteiger charge is -2.35. The van der Waals surface area contributed by atoms with Gasteiger partial charge in [0.15, 0.2) is 22.8 Å². The molecule has 2 unspecified atom stereocenters. The Kier molecular flexibility index (Phi) is 23.6. The minimum Gasteiger partial charge on any atom is -0.476 e. The number of aryl methyl sites for hydroxylation is 6. The first kappa shape index (κ1) is 69.5. The number of ketones is 2. The van der Waals surface area contributed by atoms with Crippen molar-refractivity contribution >= 4 is 31.6 Å². The first-order valence-corrected chi connectivity index (χ1v) is 35.6. The standard InChI is InChI=1S/C77H100N2O9Si/c1-54-42-60(32-26-27-35-68(80)63-33-24-19-25-34-63)43-55(2)70(54)86-77(12,13)73(83)88-75(8,9)46-66(51-84-52-79(53-89(14,15)16)48-59-30-22-18-23-31-59)62-38-40-64(41-39-62)69(81)67-50-78(47-58-28-20-17-21-29-58)49-65(67)37-36-61-44-56(3)71(57(4)45-61)85-76(10,11)72(82)87-74(5,6)7/h17-25,27-31,33-35,38-45,65-67H,26,32,36-37,46-53H2,1-16H3/b35-27+/t65-,66?,67?/m0/s1. The number of allylic oxidation sites excluding steroid dienone is 2. The zero-order valence-electron chi connectivity index (χ0n) is 56.2. The summed E-state index contributed by atoms with van der Waals surface area (Å²) in [5, 5.41) is 0. The number of nitrogens with zero attached hydrogens (tertiary/aromatic N) is 2. The lowest BCUT2D eigenvalue weighted by molar-refractivity contribution is -0.174. The number of carbonyl (C=O) groups excluding carboxylic acids is 4. The van der Waals surface area contributed by atoms with Crippen LogP contribution in [0, 0.1) is 39.5 Å². The van der Waals surface area contributed by atoms with Gasteiger partial charge in [-0.2, -0.15) is 0 Å². The van der Waals surface area contributed by atoms with E-state index in [1.165, 1.54) is 11.1 Å². The Morgan fingerprint density at radius 2 is 1.11 bits per heavy atom. The highest BCUT2D eigenvalue weighted by Gasteiger charge is 2.41. The molecule has 89 heavy (non-hydrogen) atoms.